The van der Waals surface area contributed by atoms with Gasteiger partial charge in [-0.05, 0) is 56.3 Å². The van der Waals surface area contributed by atoms with Crippen molar-refractivity contribution in [1.29, 1.82) is 0 Å². The summed E-state index contributed by atoms with van der Waals surface area (Å²) in [5, 5.41) is 3.35. The molecule has 0 spiro atoms. The number of carbonyl (C=O) groups is 1. The predicted molar refractivity (Wildman–Crippen MR) is 91.1 cm³/mol. The molecule has 3 atom stereocenters. The van der Waals surface area contributed by atoms with E-state index in [1.54, 1.807) is 0 Å². The molecular formula is C19H37NO. The summed E-state index contributed by atoms with van der Waals surface area (Å²) in [6, 6.07) is 0. The molecule has 1 aliphatic carbocycles. The first kappa shape index (κ1) is 18.5. The van der Waals surface area contributed by atoms with E-state index in [2.05, 4.69) is 60.7 Å². The van der Waals surface area contributed by atoms with Crippen LogP contribution in [-0.4, -0.2) is 11.4 Å². The summed E-state index contributed by atoms with van der Waals surface area (Å²) in [4.78, 5) is 12.8. The van der Waals surface area contributed by atoms with Crippen molar-refractivity contribution in [2.45, 2.75) is 86.6 Å². The molecule has 0 saturated heterocycles. The first-order valence-corrected chi connectivity index (χ1v) is 8.73. The molecule has 2 nitrogen and oxygen atoms in total. The van der Waals surface area contributed by atoms with Crippen LogP contribution in [-0.2, 0) is 4.79 Å². The first-order valence-electron chi connectivity index (χ1n) is 8.73. The second-order valence-electron chi connectivity index (χ2n) is 9.54. The summed E-state index contributed by atoms with van der Waals surface area (Å²) >= 11 is 0. The van der Waals surface area contributed by atoms with E-state index in [9.17, 15) is 4.79 Å². The fourth-order valence-corrected chi connectivity index (χ4v) is 4.30. The van der Waals surface area contributed by atoms with Gasteiger partial charge in [0, 0.05) is 11.5 Å². The number of hydrogen-bond acceptors (Lipinski definition) is 1. The van der Waals surface area contributed by atoms with Gasteiger partial charge in [0.15, 0.2) is 0 Å². The number of hydrogen-bond donors (Lipinski definition) is 1. The molecule has 21 heavy (non-hydrogen) atoms. The van der Waals surface area contributed by atoms with Gasteiger partial charge in [0.1, 0.15) is 0 Å². The van der Waals surface area contributed by atoms with Crippen molar-refractivity contribution in [3.63, 3.8) is 0 Å². The molecule has 1 saturated carbocycles. The highest BCUT2D eigenvalue weighted by Crippen LogP contribution is 2.38. The molecule has 0 radical (unpaired) electrons. The van der Waals surface area contributed by atoms with Gasteiger partial charge in [-0.25, -0.2) is 0 Å². The Balaban J connectivity index is 2.75. The molecule has 1 fully saturated rings. The molecule has 0 aromatic heterocycles. The Kier molecular flexibility index (Phi) is 5.91. The molecule has 2 heteroatoms. The zero-order valence-corrected chi connectivity index (χ0v) is 15.5. The molecule has 0 heterocycles. The van der Waals surface area contributed by atoms with E-state index in [-0.39, 0.29) is 22.8 Å². The van der Waals surface area contributed by atoms with Crippen LogP contribution in [0.4, 0.5) is 0 Å². The molecule has 3 unspecified atom stereocenters. The lowest BCUT2D eigenvalue weighted by atomic mass is 9.69. The average molecular weight is 296 g/mol. The van der Waals surface area contributed by atoms with E-state index >= 15 is 0 Å². The molecule has 124 valence electrons. The Morgan fingerprint density at radius 2 is 1.71 bits per heavy atom. The molecule has 1 N–H and O–H groups in total. The van der Waals surface area contributed by atoms with Crippen LogP contribution in [0.3, 0.4) is 0 Å². The quantitative estimate of drug-likeness (QED) is 0.774. The van der Waals surface area contributed by atoms with E-state index in [4.69, 9.17) is 0 Å². The van der Waals surface area contributed by atoms with Crippen molar-refractivity contribution in [3.8, 4) is 0 Å². The topological polar surface area (TPSA) is 29.1 Å². The Hall–Kier alpha value is -0.530. The molecule has 1 rings (SSSR count). The second-order valence-corrected chi connectivity index (χ2v) is 9.54. The summed E-state index contributed by atoms with van der Waals surface area (Å²) in [6.45, 7) is 17.8. The second kappa shape index (κ2) is 6.71. The summed E-state index contributed by atoms with van der Waals surface area (Å²) in [7, 11) is 0. The first-order chi connectivity index (χ1) is 9.41. The number of amides is 1. The number of rotatable bonds is 4. The minimum Gasteiger partial charge on any atom is -0.351 e. The van der Waals surface area contributed by atoms with Crippen LogP contribution in [0.15, 0.2) is 0 Å². The third-order valence-electron chi connectivity index (χ3n) is 4.79. The van der Waals surface area contributed by atoms with E-state index < -0.39 is 0 Å². The zero-order valence-electron chi connectivity index (χ0n) is 15.5. The molecule has 0 aliphatic heterocycles. The van der Waals surface area contributed by atoms with Gasteiger partial charge in [-0.2, -0.15) is 0 Å². The lowest BCUT2D eigenvalue weighted by Gasteiger charge is -2.40. The van der Waals surface area contributed by atoms with Gasteiger partial charge < -0.3 is 5.32 Å². The highest BCUT2D eigenvalue weighted by atomic mass is 16.2. The lowest BCUT2D eigenvalue weighted by Crippen LogP contribution is -2.50. The van der Waals surface area contributed by atoms with Gasteiger partial charge in [-0.15, -0.1) is 0 Å². The van der Waals surface area contributed by atoms with Gasteiger partial charge in [0.25, 0.3) is 0 Å². The van der Waals surface area contributed by atoms with E-state index in [0.29, 0.717) is 17.8 Å². The minimum atomic E-state index is -0.127. The van der Waals surface area contributed by atoms with E-state index in [1.165, 1.54) is 12.8 Å². The smallest absolute Gasteiger partial charge is 0.223 e. The maximum atomic E-state index is 12.8. The van der Waals surface area contributed by atoms with Crippen LogP contribution in [0.1, 0.15) is 81.1 Å². The minimum absolute atomic E-state index is 0.127. The van der Waals surface area contributed by atoms with Gasteiger partial charge >= 0.3 is 0 Å². The van der Waals surface area contributed by atoms with E-state index in [0.717, 1.165) is 12.8 Å². The summed E-state index contributed by atoms with van der Waals surface area (Å²) in [6.07, 6.45) is 4.54. The fourth-order valence-electron chi connectivity index (χ4n) is 4.30. The Morgan fingerprint density at radius 1 is 1.14 bits per heavy atom. The van der Waals surface area contributed by atoms with Crippen molar-refractivity contribution in [1.82, 2.24) is 5.32 Å². The van der Waals surface area contributed by atoms with Crippen LogP contribution in [0.2, 0.25) is 0 Å². The average Bonchev–Trinajstić information content (AvgIpc) is 2.23. The van der Waals surface area contributed by atoms with Crippen LogP contribution >= 0.6 is 0 Å². The standard InChI is InChI=1S/C19H37NO/c1-13(2)15-10-9-14(3)11-16(15)17(21)20-19(7,8)12-18(4,5)6/h13-16H,9-12H2,1-8H3,(H,20,21). The van der Waals surface area contributed by atoms with Gasteiger partial charge in [-0.1, -0.05) is 48.0 Å². The normalized spacial score (nSPS) is 27.8. The Bertz CT molecular complexity index is 351. The maximum Gasteiger partial charge on any atom is 0.223 e. The SMILES string of the molecule is CC1CCC(C(C)C)C(C(=O)NC(C)(C)CC(C)(C)C)C1. The van der Waals surface area contributed by atoms with Crippen molar-refractivity contribution in [2.24, 2.45) is 29.1 Å². The van der Waals surface area contributed by atoms with Crippen LogP contribution in [0.5, 0.6) is 0 Å². The van der Waals surface area contributed by atoms with Gasteiger partial charge in [0.2, 0.25) is 5.91 Å². The maximum absolute atomic E-state index is 12.8. The van der Waals surface area contributed by atoms with Gasteiger partial charge in [0.05, 0.1) is 0 Å². The Morgan fingerprint density at radius 3 is 2.19 bits per heavy atom. The van der Waals surface area contributed by atoms with Gasteiger partial charge in [-0.3, -0.25) is 4.79 Å². The van der Waals surface area contributed by atoms with Crippen LogP contribution in [0.25, 0.3) is 0 Å². The highest BCUT2D eigenvalue weighted by Gasteiger charge is 2.37. The van der Waals surface area contributed by atoms with E-state index in [1.807, 2.05) is 0 Å². The van der Waals surface area contributed by atoms with Crippen molar-refractivity contribution in [2.75, 3.05) is 0 Å². The zero-order chi connectivity index (χ0) is 16.4. The van der Waals surface area contributed by atoms with Crippen molar-refractivity contribution < 1.29 is 4.79 Å². The molecule has 0 aromatic carbocycles. The number of carbonyl (C=O) groups excluding carboxylic acids is 1. The summed E-state index contributed by atoms with van der Waals surface area (Å²) in [5.74, 6) is 2.31. The van der Waals surface area contributed by atoms with Crippen LogP contribution in [0, 0.1) is 29.1 Å². The number of nitrogens with one attached hydrogen (secondary N) is 1. The lowest BCUT2D eigenvalue weighted by molar-refractivity contribution is -0.131. The predicted octanol–water partition coefficient (Wildman–Crippen LogP) is 5.03. The third kappa shape index (κ3) is 6.00. The molecular weight excluding hydrogens is 258 g/mol. The van der Waals surface area contributed by atoms with Crippen molar-refractivity contribution >= 4 is 5.91 Å². The van der Waals surface area contributed by atoms with Crippen molar-refractivity contribution in [3.05, 3.63) is 0 Å². The Labute approximate surface area is 132 Å². The summed E-state index contributed by atoms with van der Waals surface area (Å²) in [5.41, 5.74) is 0.103. The molecule has 1 amide bonds. The third-order valence-corrected chi connectivity index (χ3v) is 4.79. The molecule has 0 aromatic rings. The summed E-state index contributed by atoms with van der Waals surface area (Å²) < 4.78 is 0. The largest absolute Gasteiger partial charge is 0.351 e. The molecule has 1 aliphatic rings. The highest BCUT2D eigenvalue weighted by molar-refractivity contribution is 5.79. The fraction of sp³-hybridized carbons (Fsp3) is 0.947. The molecule has 0 bridgehead atoms. The monoisotopic (exact) mass is 295 g/mol. The van der Waals surface area contributed by atoms with Crippen LogP contribution < -0.4 is 5.32 Å².